The van der Waals surface area contributed by atoms with Crippen LogP contribution in [0.25, 0.3) is 11.3 Å². The van der Waals surface area contributed by atoms with Gasteiger partial charge in [0, 0.05) is 42.0 Å². The van der Waals surface area contributed by atoms with Gasteiger partial charge in [0.2, 0.25) is 0 Å². The first kappa shape index (κ1) is 31.1. The Kier molecular flexibility index (Phi) is 9.58. The fourth-order valence-electron chi connectivity index (χ4n) is 4.48. The lowest BCUT2D eigenvalue weighted by molar-refractivity contribution is 0.102. The summed E-state index contributed by atoms with van der Waals surface area (Å²) in [6, 6.07) is 12.1. The van der Waals surface area contributed by atoms with Gasteiger partial charge in [0.25, 0.3) is 11.5 Å². The molecule has 0 saturated heterocycles. The van der Waals surface area contributed by atoms with E-state index >= 15 is 4.39 Å². The standard InChI is InChI=1S/C32H37F2N5O2S/c1-8-26-23(18(2)3)15-27(42-26)31(40)37-29-24(33)14-13-22(28(29)34)25-17-39(7)32(41)30(36-25)35-21-11-9-20(10-12-21)16-38(6)19(4)5/h9-15,17-19H,8,16H2,1-7H3,(H,35,36)(H,37,40). The van der Waals surface area contributed by atoms with Crippen LogP contribution in [0.1, 0.15) is 66.2 Å². The molecule has 0 fully saturated rings. The van der Waals surface area contributed by atoms with E-state index in [1.54, 1.807) is 6.07 Å². The van der Waals surface area contributed by atoms with Crippen LogP contribution >= 0.6 is 11.3 Å². The number of carbonyl (C=O) groups is 1. The second-order valence-corrected chi connectivity index (χ2v) is 12.1. The van der Waals surface area contributed by atoms with Crippen molar-refractivity contribution in [1.29, 1.82) is 0 Å². The third-order valence-electron chi connectivity index (χ3n) is 7.22. The lowest BCUT2D eigenvalue weighted by atomic mass is 10.0. The summed E-state index contributed by atoms with van der Waals surface area (Å²) < 4.78 is 31.9. The summed E-state index contributed by atoms with van der Waals surface area (Å²) in [5.41, 5.74) is 1.88. The Hall–Kier alpha value is -3.89. The van der Waals surface area contributed by atoms with Gasteiger partial charge in [-0.05, 0) is 74.7 Å². The minimum atomic E-state index is -0.976. The van der Waals surface area contributed by atoms with Crippen LogP contribution in [0.3, 0.4) is 0 Å². The monoisotopic (exact) mass is 593 g/mol. The molecule has 0 aliphatic heterocycles. The third kappa shape index (κ3) is 6.77. The summed E-state index contributed by atoms with van der Waals surface area (Å²) in [4.78, 5) is 34.0. The molecule has 7 nitrogen and oxygen atoms in total. The zero-order valence-electron chi connectivity index (χ0n) is 25.0. The number of aromatic nitrogens is 2. The maximum absolute atomic E-state index is 15.8. The van der Waals surface area contributed by atoms with Crippen molar-refractivity contribution < 1.29 is 13.6 Å². The number of halogens is 2. The summed E-state index contributed by atoms with van der Waals surface area (Å²) >= 11 is 1.32. The Bertz CT molecular complexity index is 1640. The molecular formula is C32H37F2N5O2S. The number of aryl methyl sites for hydroxylation is 2. The molecule has 4 aromatic rings. The first-order valence-corrected chi connectivity index (χ1v) is 14.8. The number of amides is 1. The van der Waals surface area contributed by atoms with E-state index < -0.39 is 28.8 Å². The molecule has 0 atom stereocenters. The molecule has 0 saturated carbocycles. The third-order valence-corrected chi connectivity index (χ3v) is 8.51. The number of thiophene rings is 1. The molecule has 4 rings (SSSR count). The zero-order chi connectivity index (χ0) is 30.7. The maximum atomic E-state index is 15.8. The smallest absolute Gasteiger partial charge is 0.293 e. The fourth-order valence-corrected chi connectivity index (χ4v) is 5.63. The normalized spacial score (nSPS) is 11.5. The summed E-state index contributed by atoms with van der Waals surface area (Å²) in [6.07, 6.45) is 2.14. The van der Waals surface area contributed by atoms with Crippen LogP contribution in [0.5, 0.6) is 0 Å². The second kappa shape index (κ2) is 13.0. The molecule has 1 amide bonds. The van der Waals surface area contributed by atoms with E-state index in [0.717, 1.165) is 35.0 Å². The SMILES string of the molecule is CCc1sc(C(=O)Nc2c(F)ccc(-c3cn(C)c(=O)c(Nc4ccc(CN(C)C(C)C)cc4)n3)c2F)cc1C(C)C. The van der Waals surface area contributed by atoms with Crippen molar-refractivity contribution in [2.24, 2.45) is 7.05 Å². The van der Waals surface area contributed by atoms with Crippen molar-refractivity contribution in [3.05, 3.63) is 91.5 Å². The lowest BCUT2D eigenvalue weighted by Gasteiger charge is -2.21. The predicted molar refractivity (Wildman–Crippen MR) is 167 cm³/mol. The van der Waals surface area contributed by atoms with Crippen LogP contribution in [-0.2, 0) is 20.0 Å². The summed E-state index contributed by atoms with van der Waals surface area (Å²) in [5, 5.41) is 5.45. The summed E-state index contributed by atoms with van der Waals surface area (Å²) in [6.45, 7) is 11.1. The molecule has 10 heteroatoms. The number of nitrogens with zero attached hydrogens (tertiary/aromatic N) is 3. The summed E-state index contributed by atoms with van der Waals surface area (Å²) in [7, 11) is 3.58. The molecule has 2 heterocycles. The average Bonchev–Trinajstić information content (AvgIpc) is 3.39. The quantitative estimate of drug-likeness (QED) is 0.202. The van der Waals surface area contributed by atoms with Crippen LogP contribution in [0.15, 0.2) is 53.5 Å². The molecule has 0 bridgehead atoms. The molecule has 222 valence electrons. The molecule has 0 aliphatic carbocycles. The number of rotatable bonds is 10. The average molecular weight is 594 g/mol. The van der Waals surface area contributed by atoms with E-state index in [-0.39, 0.29) is 23.0 Å². The highest BCUT2D eigenvalue weighted by atomic mass is 32.1. The number of carbonyl (C=O) groups excluding carboxylic acids is 1. The number of nitrogens with one attached hydrogen (secondary N) is 2. The molecule has 0 unspecified atom stereocenters. The van der Waals surface area contributed by atoms with Crippen LogP contribution in [0.4, 0.5) is 26.0 Å². The Morgan fingerprint density at radius 1 is 1.10 bits per heavy atom. The van der Waals surface area contributed by atoms with Gasteiger partial charge in [0.1, 0.15) is 11.5 Å². The van der Waals surface area contributed by atoms with Gasteiger partial charge in [-0.25, -0.2) is 13.8 Å². The van der Waals surface area contributed by atoms with Crippen LogP contribution in [-0.4, -0.2) is 33.4 Å². The maximum Gasteiger partial charge on any atom is 0.293 e. The molecule has 0 spiro atoms. The Morgan fingerprint density at radius 2 is 1.79 bits per heavy atom. The minimum absolute atomic E-state index is 0.0109. The van der Waals surface area contributed by atoms with Crippen molar-refractivity contribution in [2.45, 2.75) is 59.5 Å². The Morgan fingerprint density at radius 3 is 2.38 bits per heavy atom. The first-order chi connectivity index (χ1) is 19.9. The van der Waals surface area contributed by atoms with Gasteiger partial charge in [-0.3, -0.25) is 14.5 Å². The number of hydrogen-bond donors (Lipinski definition) is 2. The highest BCUT2D eigenvalue weighted by molar-refractivity contribution is 7.14. The van der Waals surface area contributed by atoms with Crippen molar-refractivity contribution in [3.8, 4) is 11.3 Å². The molecule has 2 aromatic carbocycles. The molecule has 0 radical (unpaired) electrons. The number of benzene rings is 2. The van der Waals surface area contributed by atoms with Crippen LogP contribution < -0.4 is 16.2 Å². The van der Waals surface area contributed by atoms with E-state index in [9.17, 15) is 14.0 Å². The molecule has 0 aliphatic rings. The van der Waals surface area contributed by atoms with Gasteiger partial charge in [-0.15, -0.1) is 11.3 Å². The van der Waals surface area contributed by atoms with Gasteiger partial charge in [-0.1, -0.05) is 32.9 Å². The van der Waals surface area contributed by atoms with E-state index in [0.29, 0.717) is 16.6 Å². The first-order valence-electron chi connectivity index (χ1n) is 14.0. The van der Waals surface area contributed by atoms with Gasteiger partial charge < -0.3 is 15.2 Å². The molecule has 2 N–H and O–H groups in total. The molecule has 42 heavy (non-hydrogen) atoms. The van der Waals surface area contributed by atoms with Gasteiger partial charge in [0.05, 0.1) is 10.6 Å². The topological polar surface area (TPSA) is 79.3 Å². The summed E-state index contributed by atoms with van der Waals surface area (Å²) in [5.74, 6) is -2.26. The van der Waals surface area contributed by atoms with Gasteiger partial charge in [-0.2, -0.15) is 0 Å². The number of anilines is 3. The van der Waals surface area contributed by atoms with Crippen LogP contribution in [0.2, 0.25) is 0 Å². The van der Waals surface area contributed by atoms with E-state index in [1.807, 2.05) is 52.1 Å². The van der Waals surface area contributed by atoms with Crippen LogP contribution in [0, 0.1) is 11.6 Å². The highest BCUT2D eigenvalue weighted by Gasteiger charge is 2.22. The fraction of sp³-hybridized carbons (Fsp3) is 0.344. The highest BCUT2D eigenvalue weighted by Crippen LogP contribution is 2.32. The zero-order valence-corrected chi connectivity index (χ0v) is 25.8. The molecular weight excluding hydrogens is 556 g/mol. The van der Waals surface area contributed by atoms with Gasteiger partial charge >= 0.3 is 0 Å². The van der Waals surface area contributed by atoms with Crippen molar-refractivity contribution in [1.82, 2.24) is 14.5 Å². The lowest BCUT2D eigenvalue weighted by Crippen LogP contribution is -2.25. The van der Waals surface area contributed by atoms with E-state index in [4.69, 9.17) is 0 Å². The molecule has 2 aromatic heterocycles. The van der Waals surface area contributed by atoms with Gasteiger partial charge in [0.15, 0.2) is 11.6 Å². The Balaban J connectivity index is 1.62. The Labute approximate surface area is 249 Å². The van der Waals surface area contributed by atoms with Crippen molar-refractivity contribution >= 4 is 34.4 Å². The number of hydrogen-bond acceptors (Lipinski definition) is 6. The van der Waals surface area contributed by atoms with E-state index in [2.05, 4.69) is 34.4 Å². The largest absolute Gasteiger partial charge is 0.336 e. The van der Waals surface area contributed by atoms with E-state index in [1.165, 1.54) is 35.2 Å². The van der Waals surface area contributed by atoms with Crippen molar-refractivity contribution in [3.63, 3.8) is 0 Å². The predicted octanol–water partition coefficient (Wildman–Crippen LogP) is 7.31. The minimum Gasteiger partial charge on any atom is -0.336 e. The van der Waals surface area contributed by atoms with Crippen molar-refractivity contribution in [2.75, 3.05) is 17.7 Å². The second-order valence-electron chi connectivity index (χ2n) is 11.0.